The predicted molar refractivity (Wildman–Crippen MR) is 188 cm³/mol. The number of hydrogen-bond donors (Lipinski definition) is 4. The lowest BCUT2D eigenvalue weighted by Gasteiger charge is -2.32. The summed E-state index contributed by atoms with van der Waals surface area (Å²) in [6.45, 7) is 3.08. The molecule has 1 amide bonds. The number of nitrogens with zero attached hydrogens (tertiary/aromatic N) is 3. The molecule has 5 N–H and O–H groups in total. The van der Waals surface area contributed by atoms with Crippen LogP contribution in [0.1, 0.15) is 24.4 Å². The summed E-state index contributed by atoms with van der Waals surface area (Å²) in [5.41, 5.74) is 12.8. The lowest BCUT2D eigenvalue weighted by molar-refractivity contribution is -0.120. The maximum atomic E-state index is 13.0. The molecule has 0 radical (unpaired) electrons. The number of ether oxygens (including phenoxy) is 1. The molecular formula is C37H37N7O4. The van der Waals surface area contributed by atoms with Gasteiger partial charge in [0.15, 0.2) is 0 Å². The fraction of sp³-hybridized carbons (Fsp3) is 0.243. The Kier molecular flexibility index (Phi) is 8.97. The average molecular weight is 644 g/mol. The molecule has 0 aliphatic carbocycles. The molecule has 1 saturated heterocycles. The second-order valence-corrected chi connectivity index (χ2v) is 12.1. The number of imidazole rings is 1. The van der Waals surface area contributed by atoms with E-state index in [1.807, 2.05) is 59.2 Å². The van der Waals surface area contributed by atoms with Crippen LogP contribution in [-0.4, -0.2) is 63.2 Å². The highest BCUT2D eigenvalue weighted by Gasteiger charge is 2.24. The quantitative estimate of drug-likeness (QED) is 0.159. The molecule has 6 aromatic rings. The topological polar surface area (TPSA) is 151 Å². The summed E-state index contributed by atoms with van der Waals surface area (Å²) in [5, 5.41) is 3.40. The maximum Gasteiger partial charge on any atom is 0.326 e. The van der Waals surface area contributed by atoms with E-state index in [1.54, 1.807) is 12.3 Å². The van der Waals surface area contributed by atoms with Crippen molar-refractivity contribution in [2.24, 2.45) is 5.73 Å². The molecule has 1 aliphatic heterocycles. The second-order valence-electron chi connectivity index (χ2n) is 12.1. The molecule has 0 bridgehead atoms. The summed E-state index contributed by atoms with van der Waals surface area (Å²) in [5.74, 6) is -0.268. The van der Waals surface area contributed by atoms with E-state index in [2.05, 4.69) is 44.5 Å². The van der Waals surface area contributed by atoms with Crippen molar-refractivity contribution in [1.82, 2.24) is 24.4 Å². The van der Waals surface area contributed by atoms with E-state index in [9.17, 15) is 14.4 Å². The minimum absolute atomic E-state index is 0.0475. The molecule has 1 aliphatic rings. The van der Waals surface area contributed by atoms with Gasteiger partial charge in [0.1, 0.15) is 6.61 Å². The van der Waals surface area contributed by atoms with Crippen molar-refractivity contribution in [3.8, 4) is 22.4 Å². The first-order valence-electron chi connectivity index (χ1n) is 16.2. The standard InChI is InChI=1S/C37H37N7O4/c38-15-19-48-23-34(45)40-27-10-11-32-33(20-27)44(37(47)42-32)28-13-17-43(18-14-28)22-24-6-8-26(9-7-24)35-29(25-4-2-1-3-5-25)21-30-31(41-35)12-16-39-36(30)46/h1-12,16,20-21,28H,13-15,17-19,22-23,38H2,(H,39,46)(H,40,45)(H,42,47). The molecule has 0 saturated carbocycles. The number of nitrogens with two attached hydrogens (primary N) is 1. The number of rotatable bonds is 10. The van der Waals surface area contributed by atoms with Gasteiger partial charge in [-0.2, -0.15) is 0 Å². The number of amides is 1. The number of likely N-dealkylation sites (tertiary alicyclic amines) is 1. The van der Waals surface area contributed by atoms with Gasteiger partial charge in [-0.1, -0.05) is 54.6 Å². The van der Waals surface area contributed by atoms with Gasteiger partial charge in [0.05, 0.1) is 34.2 Å². The van der Waals surface area contributed by atoms with E-state index in [1.165, 1.54) is 5.56 Å². The first-order valence-corrected chi connectivity index (χ1v) is 16.2. The van der Waals surface area contributed by atoms with E-state index >= 15 is 0 Å². The van der Waals surface area contributed by atoms with Gasteiger partial charge < -0.3 is 25.8 Å². The van der Waals surface area contributed by atoms with E-state index < -0.39 is 0 Å². The van der Waals surface area contributed by atoms with Gasteiger partial charge in [-0.3, -0.25) is 19.1 Å². The number of fused-ring (bicyclic) bond motifs is 2. The Morgan fingerprint density at radius 3 is 2.52 bits per heavy atom. The number of aromatic amines is 2. The maximum absolute atomic E-state index is 13.0. The number of nitrogens with one attached hydrogen (secondary N) is 3. The van der Waals surface area contributed by atoms with Gasteiger partial charge in [-0.25, -0.2) is 9.78 Å². The second kappa shape index (κ2) is 13.8. The molecule has 11 heteroatoms. The first kappa shape index (κ1) is 31.3. The largest absolute Gasteiger partial charge is 0.370 e. The van der Waals surface area contributed by atoms with Gasteiger partial charge in [0, 0.05) is 55.2 Å². The van der Waals surface area contributed by atoms with Crippen molar-refractivity contribution >= 4 is 33.5 Å². The zero-order valence-electron chi connectivity index (χ0n) is 26.4. The minimum Gasteiger partial charge on any atom is -0.370 e. The normalized spacial score (nSPS) is 14.1. The molecular weight excluding hydrogens is 606 g/mol. The highest BCUT2D eigenvalue weighted by Crippen LogP contribution is 2.33. The fourth-order valence-electron chi connectivity index (χ4n) is 6.54. The third-order valence-corrected chi connectivity index (χ3v) is 8.89. The number of anilines is 1. The Morgan fingerprint density at radius 1 is 0.958 bits per heavy atom. The highest BCUT2D eigenvalue weighted by molar-refractivity contribution is 5.94. The molecule has 3 aromatic heterocycles. The number of pyridine rings is 2. The fourth-order valence-corrected chi connectivity index (χ4v) is 6.54. The lowest BCUT2D eigenvalue weighted by Crippen LogP contribution is -2.36. The van der Waals surface area contributed by atoms with Crippen LogP contribution in [0.15, 0.2) is 101 Å². The number of aromatic nitrogens is 4. The van der Waals surface area contributed by atoms with Crippen LogP contribution >= 0.6 is 0 Å². The van der Waals surface area contributed by atoms with E-state index in [0.29, 0.717) is 29.7 Å². The van der Waals surface area contributed by atoms with Crippen LogP contribution in [0.25, 0.3) is 44.3 Å². The Balaban J connectivity index is 1.04. The number of carbonyl (C=O) groups is 1. The van der Waals surface area contributed by atoms with Crippen LogP contribution in [0.4, 0.5) is 5.69 Å². The number of H-pyrrole nitrogens is 2. The summed E-state index contributed by atoms with van der Waals surface area (Å²) < 4.78 is 7.06. The monoisotopic (exact) mass is 643 g/mol. The van der Waals surface area contributed by atoms with E-state index in [-0.39, 0.29) is 29.8 Å². The Morgan fingerprint density at radius 2 is 1.75 bits per heavy atom. The highest BCUT2D eigenvalue weighted by atomic mass is 16.5. The third kappa shape index (κ3) is 6.56. The molecule has 48 heavy (non-hydrogen) atoms. The zero-order chi connectivity index (χ0) is 33.0. The molecule has 244 valence electrons. The van der Waals surface area contributed by atoms with Crippen molar-refractivity contribution < 1.29 is 9.53 Å². The van der Waals surface area contributed by atoms with Crippen molar-refractivity contribution in [1.29, 1.82) is 0 Å². The van der Waals surface area contributed by atoms with Crippen LogP contribution < -0.4 is 22.3 Å². The molecule has 11 nitrogen and oxygen atoms in total. The number of carbonyl (C=O) groups excluding carboxylic acids is 1. The molecule has 7 rings (SSSR count). The summed E-state index contributed by atoms with van der Waals surface area (Å²) >= 11 is 0. The number of hydrogen-bond acceptors (Lipinski definition) is 7. The summed E-state index contributed by atoms with van der Waals surface area (Å²) in [4.78, 5) is 50.9. The lowest BCUT2D eigenvalue weighted by atomic mass is 9.97. The Hall–Kier alpha value is -5.36. The third-order valence-electron chi connectivity index (χ3n) is 8.89. The van der Waals surface area contributed by atoms with Gasteiger partial charge in [0.2, 0.25) is 5.91 Å². The van der Waals surface area contributed by atoms with Crippen LogP contribution in [0.2, 0.25) is 0 Å². The molecule has 3 aromatic carbocycles. The Bertz CT molecular complexity index is 2180. The van der Waals surface area contributed by atoms with Gasteiger partial charge >= 0.3 is 5.69 Å². The number of benzene rings is 3. The van der Waals surface area contributed by atoms with Crippen molar-refractivity contribution in [2.45, 2.75) is 25.4 Å². The van der Waals surface area contributed by atoms with E-state index in [0.717, 1.165) is 65.9 Å². The smallest absolute Gasteiger partial charge is 0.326 e. The molecule has 4 heterocycles. The minimum atomic E-state index is -0.268. The Labute approximate surface area is 276 Å². The SMILES string of the molecule is NCCOCC(=O)Nc1ccc2[nH]c(=O)n(C3CCN(Cc4ccc(-c5nc6cc[nH]c(=O)c6cc5-c5ccccc5)cc4)CC3)c2c1. The first-order chi connectivity index (χ1) is 23.5. The molecule has 1 fully saturated rings. The molecule has 0 atom stereocenters. The van der Waals surface area contributed by atoms with E-state index in [4.69, 9.17) is 15.5 Å². The van der Waals surface area contributed by atoms with Crippen LogP contribution in [0.3, 0.4) is 0 Å². The van der Waals surface area contributed by atoms with Crippen molar-refractivity contribution in [2.75, 3.05) is 38.2 Å². The van der Waals surface area contributed by atoms with Crippen molar-refractivity contribution in [3.63, 3.8) is 0 Å². The van der Waals surface area contributed by atoms with Gasteiger partial charge in [-0.15, -0.1) is 0 Å². The predicted octanol–water partition coefficient (Wildman–Crippen LogP) is 4.65. The van der Waals surface area contributed by atoms with Gasteiger partial charge in [-0.05, 0) is 54.3 Å². The summed E-state index contributed by atoms with van der Waals surface area (Å²) in [6, 6.07) is 27.7. The van der Waals surface area contributed by atoms with Gasteiger partial charge in [0.25, 0.3) is 5.56 Å². The van der Waals surface area contributed by atoms with Crippen LogP contribution in [0.5, 0.6) is 0 Å². The zero-order valence-corrected chi connectivity index (χ0v) is 26.4. The molecule has 0 unspecified atom stereocenters. The summed E-state index contributed by atoms with van der Waals surface area (Å²) in [7, 11) is 0. The van der Waals surface area contributed by atoms with Crippen LogP contribution in [-0.2, 0) is 16.1 Å². The van der Waals surface area contributed by atoms with Crippen LogP contribution in [0, 0.1) is 0 Å². The molecule has 0 spiro atoms. The van der Waals surface area contributed by atoms with Crippen molar-refractivity contribution in [3.05, 3.63) is 118 Å². The average Bonchev–Trinajstić information content (AvgIpc) is 3.44. The summed E-state index contributed by atoms with van der Waals surface area (Å²) in [6.07, 6.45) is 3.29. The number of piperidine rings is 1.